The maximum Gasteiger partial charge on any atom is 0.240 e. The van der Waals surface area contributed by atoms with Gasteiger partial charge in [0.15, 0.2) is 17.3 Å². The summed E-state index contributed by atoms with van der Waals surface area (Å²) >= 11 is 0. The second-order valence-electron chi connectivity index (χ2n) is 6.97. The number of rotatable bonds is 8. The molecule has 0 fully saturated rings. The predicted octanol–water partition coefficient (Wildman–Crippen LogP) is 4.00. The van der Waals surface area contributed by atoms with E-state index in [1.807, 2.05) is 66.1 Å². The summed E-state index contributed by atoms with van der Waals surface area (Å²) in [4.78, 5) is 24.8. The summed E-state index contributed by atoms with van der Waals surface area (Å²) in [5.41, 5.74) is 4.01. The van der Waals surface area contributed by atoms with Crippen molar-refractivity contribution in [2.45, 2.75) is 26.9 Å². The lowest BCUT2D eigenvalue weighted by Crippen LogP contribution is -2.28. The van der Waals surface area contributed by atoms with Gasteiger partial charge in [-0.3, -0.25) is 9.59 Å². The zero-order valence-corrected chi connectivity index (χ0v) is 17.7. The van der Waals surface area contributed by atoms with Crippen molar-refractivity contribution in [1.82, 2.24) is 9.88 Å². The number of ether oxygens (including phenoxy) is 2. The fourth-order valence-corrected chi connectivity index (χ4v) is 3.54. The Morgan fingerprint density at radius 1 is 1.00 bits per heavy atom. The molecule has 6 heteroatoms. The maximum atomic E-state index is 12.8. The van der Waals surface area contributed by atoms with E-state index >= 15 is 0 Å². The van der Waals surface area contributed by atoms with Crippen molar-refractivity contribution in [1.29, 1.82) is 0 Å². The maximum absolute atomic E-state index is 12.8. The average Bonchev–Trinajstić information content (AvgIpc) is 3.08. The monoisotopic (exact) mass is 406 g/mol. The van der Waals surface area contributed by atoms with Crippen LogP contribution in [-0.2, 0) is 17.9 Å². The number of carbonyl (C=O) groups excluding carboxylic acids is 2. The zero-order valence-electron chi connectivity index (χ0n) is 17.7. The molecule has 30 heavy (non-hydrogen) atoms. The van der Waals surface area contributed by atoms with E-state index in [9.17, 15) is 9.59 Å². The van der Waals surface area contributed by atoms with Crippen LogP contribution in [0.4, 0.5) is 0 Å². The molecule has 0 aliphatic carbocycles. The van der Waals surface area contributed by atoms with Crippen LogP contribution in [0, 0.1) is 6.92 Å². The quantitative estimate of drug-likeness (QED) is 0.574. The molecular formula is C24H26N2O4. The lowest BCUT2D eigenvalue weighted by Gasteiger charge is -2.15. The first-order valence-electron chi connectivity index (χ1n) is 9.69. The average molecular weight is 406 g/mol. The highest BCUT2D eigenvalue weighted by molar-refractivity contribution is 5.97. The number of nitrogens with one attached hydrogen (secondary N) is 1. The second-order valence-corrected chi connectivity index (χ2v) is 6.97. The lowest BCUT2D eigenvalue weighted by molar-refractivity contribution is -0.121. The Morgan fingerprint density at radius 2 is 1.73 bits per heavy atom. The van der Waals surface area contributed by atoms with E-state index < -0.39 is 0 Å². The number of carbonyl (C=O) groups is 2. The second kappa shape index (κ2) is 9.31. The molecule has 156 valence electrons. The topological polar surface area (TPSA) is 69.6 Å². The molecule has 0 spiro atoms. The Labute approximate surface area is 176 Å². The van der Waals surface area contributed by atoms with Crippen molar-refractivity contribution in [2.75, 3.05) is 14.2 Å². The van der Waals surface area contributed by atoms with Gasteiger partial charge in [0, 0.05) is 29.1 Å². The third kappa shape index (κ3) is 4.38. The summed E-state index contributed by atoms with van der Waals surface area (Å²) in [6, 6.07) is 17.1. The highest BCUT2D eigenvalue weighted by Crippen LogP contribution is 2.30. The summed E-state index contributed by atoms with van der Waals surface area (Å²) in [6.07, 6.45) is 0. The Kier molecular flexibility index (Phi) is 6.57. The summed E-state index contributed by atoms with van der Waals surface area (Å²) in [5.74, 6) is 1.03. The third-order valence-corrected chi connectivity index (χ3v) is 5.08. The van der Waals surface area contributed by atoms with Gasteiger partial charge in [-0.25, -0.2) is 0 Å². The van der Waals surface area contributed by atoms with Crippen LogP contribution in [0.2, 0.25) is 0 Å². The Hall–Kier alpha value is -3.54. The third-order valence-electron chi connectivity index (χ3n) is 5.08. The normalized spacial score (nSPS) is 10.5. The van der Waals surface area contributed by atoms with E-state index in [0.717, 1.165) is 22.5 Å². The Balaban J connectivity index is 1.83. The lowest BCUT2D eigenvalue weighted by atomic mass is 10.1. The molecule has 3 aromatic rings. The van der Waals surface area contributed by atoms with Crippen LogP contribution >= 0.6 is 0 Å². The van der Waals surface area contributed by atoms with E-state index in [2.05, 4.69) is 5.32 Å². The standard InChI is InChI=1S/C24H26N2O4/c1-16-20(17(2)27)13-21(18-9-6-5-7-10-18)26(16)15-23(28)25-14-19-11-8-12-22(29-3)24(19)30-4/h5-13H,14-15H2,1-4H3,(H,25,28). The molecule has 2 aromatic carbocycles. The SMILES string of the molecule is COc1cccc(CNC(=O)Cn2c(-c3ccccc3)cc(C(C)=O)c2C)c1OC. The van der Waals surface area contributed by atoms with Crippen molar-refractivity contribution >= 4 is 11.7 Å². The number of para-hydroxylation sites is 1. The van der Waals surface area contributed by atoms with Gasteiger partial charge >= 0.3 is 0 Å². The van der Waals surface area contributed by atoms with Gasteiger partial charge in [-0.15, -0.1) is 0 Å². The van der Waals surface area contributed by atoms with Crippen LogP contribution in [0.5, 0.6) is 11.5 Å². The fourth-order valence-electron chi connectivity index (χ4n) is 3.54. The van der Waals surface area contributed by atoms with Crippen molar-refractivity contribution in [3.05, 3.63) is 71.4 Å². The molecule has 1 amide bonds. The van der Waals surface area contributed by atoms with Crippen molar-refractivity contribution in [3.8, 4) is 22.8 Å². The van der Waals surface area contributed by atoms with E-state index in [4.69, 9.17) is 9.47 Å². The van der Waals surface area contributed by atoms with Crippen molar-refractivity contribution in [3.63, 3.8) is 0 Å². The van der Waals surface area contributed by atoms with E-state index in [-0.39, 0.29) is 18.2 Å². The first-order valence-corrected chi connectivity index (χ1v) is 9.69. The smallest absolute Gasteiger partial charge is 0.240 e. The molecule has 3 rings (SSSR count). The highest BCUT2D eigenvalue weighted by Gasteiger charge is 2.18. The molecule has 0 aliphatic rings. The fraction of sp³-hybridized carbons (Fsp3) is 0.250. The summed E-state index contributed by atoms with van der Waals surface area (Å²) < 4.78 is 12.6. The molecule has 0 saturated heterocycles. The van der Waals surface area contributed by atoms with Crippen LogP contribution in [0.3, 0.4) is 0 Å². The molecule has 1 heterocycles. The molecular weight excluding hydrogens is 380 g/mol. The minimum absolute atomic E-state index is 0.0232. The number of amides is 1. The number of ketones is 1. The van der Waals surface area contributed by atoms with Gasteiger partial charge in [0.25, 0.3) is 0 Å². The zero-order chi connectivity index (χ0) is 21.7. The predicted molar refractivity (Wildman–Crippen MR) is 116 cm³/mol. The number of nitrogens with zero attached hydrogens (tertiary/aromatic N) is 1. The number of methoxy groups -OCH3 is 2. The molecule has 0 aliphatic heterocycles. The van der Waals surface area contributed by atoms with Gasteiger partial charge in [-0.2, -0.15) is 0 Å². The van der Waals surface area contributed by atoms with Crippen LogP contribution in [0.1, 0.15) is 28.5 Å². The van der Waals surface area contributed by atoms with Crippen LogP contribution in [0.15, 0.2) is 54.6 Å². The Morgan fingerprint density at radius 3 is 2.37 bits per heavy atom. The molecule has 0 atom stereocenters. The Bertz CT molecular complexity index is 1050. The molecule has 0 unspecified atom stereocenters. The number of aromatic nitrogens is 1. The number of hydrogen-bond acceptors (Lipinski definition) is 4. The van der Waals surface area contributed by atoms with E-state index in [1.165, 1.54) is 6.92 Å². The van der Waals surface area contributed by atoms with Crippen LogP contribution in [0.25, 0.3) is 11.3 Å². The van der Waals surface area contributed by atoms with Gasteiger partial charge < -0.3 is 19.4 Å². The number of Topliss-reactive ketones (excluding diaryl/α,β-unsaturated/α-hetero) is 1. The molecule has 0 saturated carbocycles. The summed E-state index contributed by atoms with van der Waals surface area (Å²) in [5, 5.41) is 2.94. The molecule has 0 radical (unpaired) electrons. The van der Waals surface area contributed by atoms with E-state index in [0.29, 0.717) is 23.6 Å². The first kappa shape index (κ1) is 21.2. The van der Waals surface area contributed by atoms with Gasteiger partial charge in [0.1, 0.15) is 6.54 Å². The van der Waals surface area contributed by atoms with E-state index in [1.54, 1.807) is 14.2 Å². The largest absolute Gasteiger partial charge is 0.493 e. The summed E-state index contributed by atoms with van der Waals surface area (Å²) in [6.45, 7) is 3.81. The molecule has 0 bridgehead atoms. The van der Waals surface area contributed by atoms with Crippen molar-refractivity contribution in [2.24, 2.45) is 0 Å². The van der Waals surface area contributed by atoms with Gasteiger partial charge in [-0.05, 0) is 31.5 Å². The number of benzene rings is 2. The summed E-state index contributed by atoms with van der Waals surface area (Å²) in [7, 11) is 3.15. The highest BCUT2D eigenvalue weighted by atomic mass is 16.5. The minimum atomic E-state index is -0.161. The number of hydrogen-bond donors (Lipinski definition) is 1. The van der Waals surface area contributed by atoms with Crippen molar-refractivity contribution < 1.29 is 19.1 Å². The van der Waals surface area contributed by atoms with Crippen LogP contribution < -0.4 is 14.8 Å². The van der Waals surface area contributed by atoms with Gasteiger partial charge in [0.05, 0.1) is 14.2 Å². The van der Waals surface area contributed by atoms with Gasteiger partial charge in [0.2, 0.25) is 5.91 Å². The van der Waals surface area contributed by atoms with Crippen LogP contribution in [-0.4, -0.2) is 30.5 Å². The molecule has 6 nitrogen and oxygen atoms in total. The molecule has 1 N–H and O–H groups in total. The first-order chi connectivity index (χ1) is 14.5. The van der Waals surface area contributed by atoms with Gasteiger partial charge in [-0.1, -0.05) is 42.5 Å². The minimum Gasteiger partial charge on any atom is -0.493 e. The molecule has 1 aromatic heterocycles.